The van der Waals surface area contributed by atoms with Gasteiger partial charge in [-0.25, -0.2) is 9.07 Å². The van der Waals surface area contributed by atoms with E-state index >= 15 is 0 Å². The number of carbonyl (C=O) groups is 1. The first-order valence-electron chi connectivity index (χ1n) is 9.58. The third-order valence-corrected chi connectivity index (χ3v) is 4.84. The van der Waals surface area contributed by atoms with Gasteiger partial charge < -0.3 is 19.4 Å². The second-order valence-corrected chi connectivity index (χ2v) is 6.67. The van der Waals surface area contributed by atoms with E-state index in [0.717, 1.165) is 5.56 Å². The molecule has 8 heteroatoms. The van der Waals surface area contributed by atoms with E-state index in [0.29, 0.717) is 22.9 Å². The summed E-state index contributed by atoms with van der Waals surface area (Å²) in [5.41, 5.74) is 1.32. The lowest BCUT2D eigenvalue weighted by Gasteiger charge is -2.14. The van der Waals surface area contributed by atoms with E-state index in [-0.39, 0.29) is 18.1 Å². The molecule has 0 aliphatic rings. The number of amides is 1. The maximum atomic E-state index is 14.4. The third-order valence-electron chi connectivity index (χ3n) is 4.84. The van der Waals surface area contributed by atoms with Crippen molar-refractivity contribution in [3.8, 4) is 23.0 Å². The lowest BCUT2D eigenvalue weighted by Crippen LogP contribution is -2.24. The van der Waals surface area contributed by atoms with Gasteiger partial charge in [-0.2, -0.15) is 5.10 Å². The monoisotopic (exact) mass is 420 g/mol. The maximum absolute atomic E-state index is 14.4. The van der Waals surface area contributed by atoms with Crippen LogP contribution in [-0.4, -0.2) is 34.5 Å². The zero-order valence-corrected chi connectivity index (χ0v) is 17.1. The Morgan fingerprint density at radius 2 is 1.81 bits per heavy atom. The predicted molar refractivity (Wildman–Crippen MR) is 114 cm³/mol. The van der Waals surface area contributed by atoms with Gasteiger partial charge in [0.25, 0.3) is 5.91 Å². The first-order chi connectivity index (χ1) is 15.1. The molecule has 2 aromatic heterocycles. The molecular formula is C23H21FN4O3. The number of para-hydroxylation sites is 2. The molecule has 0 unspecified atom stereocenters. The molecule has 1 N–H and O–H groups in total. The second kappa shape index (κ2) is 8.74. The van der Waals surface area contributed by atoms with Crippen molar-refractivity contribution in [2.24, 2.45) is 0 Å². The minimum absolute atomic E-state index is 0.217. The molecule has 2 aromatic carbocycles. The van der Waals surface area contributed by atoms with Crippen molar-refractivity contribution in [3.05, 3.63) is 90.1 Å². The normalized spacial score (nSPS) is 10.7. The van der Waals surface area contributed by atoms with E-state index in [1.807, 2.05) is 24.3 Å². The van der Waals surface area contributed by atoms with Crippen LogP contribution in [-0.2, 0) is 6.54 Å². The molecule has 31 heavy (non-hydrogen) atoms. The average Bonchev–Trinajstić information content (AvgIpc) is 3.47. The first kappa shape index (κ1) is 20.2. The average molecular weight is 420 g/mol. The fourth-order valence-corrected chi connectivity index (χ4v) is 3.39. The van der Waals surface area contributed by atoms with Crippen molar-refractivity contribution in [3.63, 3.8) is 0 Å². The molecule has 0 atom stereocenters. The van der Waals surface area contributed by atoms with Crippen molar-refractivity contribution in [1.82, 2.24) is 19.7 Å². The number of nitrogens with one attached hydrogen (secondary N) is 1. The van der Waals surface area contributed by atoms with E-state index in [1.54, 1.807) is 55.4 Å². The van der Waals surface area contributed by atoms with E-state index in [1.165, 1.54) is 16.9 Å². The molecule has 4 aromatic rings. The van der Waals surface area contributed by atoms with Crippen LogP contribution in [0.5, 0.6) is 11.5 Å². The number of hydrogen-bond acceptors (Lipinski definition) is 4. The number of ether oxygens (including phenoxy) is 2. The van der Waals surface area contributed by atoms with Gasteiger partial charge in [-0.1, -0.05) is 24.3 Å². The number of nitrogens with zero attached hydrogens (tertiary/aromatic N) is 3. The molecule has 0 saturated heterocycles. The van der Waals surface area contributed by atoms with Crippen LogP contribution in [0, 0.1) is 5.82 Å². The van der Waals surface area contributed by atoms with Gasteiger partial charge >= 0.3 is 0 Å². The fourth-order valence-electron chi connectivity index (χ4n) is 3.39. The van der Waals surface area contributed by atoms with Crippen LogP contribution >= 0.6 is 0 Å². The second-order valence-electron chi connectivity index (χ2n) is 6.67. The molecule has 0 radical (unpaired) electrons. The van der Waals surface area contributed by atoms with E-state index in [9.17, 15) is 9.18 Å². The summed E-state index contributed by atoms with van der Waals surface area (Å²) in [6.45, 7) is 0.217. The summed E-state index contributed by atoms with van der Waals surface area (Å²) in [4.78, 5) is 13.1. The van der Waals surface area contributed by atoms with Gasteiger partial charge in [-0.05, 0) is 30.3 Å². The first-order valence-corrected chi connectivity index (χ1v) is 9.58. The minimum Gasteiger partial charge on any atom is -0.493 e. The van der Waals surface area contributed by atoms with Gasteiger partial charge in [0, 0.05) is 24.5 Å². The molecular weight excluding hydrogens is 399 g/mol. The Morgan fingerprint density at radius 3 is 2.52 bits per heavy atom. The van der Waals surface area contributed by atoms with Crippen molar-refractivity contribution in [2.45, 2.75) is 6.54 Å². The molecule has 0 spiro atoms. The predicted octanol–water partition coefficient (Wildman–Crippen LogP) is 3.75. The molecule has 158 valence electrons. The van der Waals surface area contributed by atoms with Crippen LogP contribution in [0.3, 0.4) is 0 Å². The maximum Gasteiger partial charge on any atom is 0.256 e. The van der Waals surface area contributed by atoms with Gasteiger partial charge in [0.15, 0.2) is 17.3 Å². The number of benzene rings is 2. The Morgan fingerprint density at radius 1 is 1.03 bits per heavy atom. The zero-order chi connectivity index (χ0) is 21.8. The number of hydrogen-bond donors (Lipinski definition) is 1. The fraction of sp³-hybridized carbons (Fsp3) is 0.130. The van der Waals surface area contributed by atoms with E-state index in [4.69, 9.17) is 9.47 Å². The van der Waals surface area contributed by atoms with E-state index < -0.39 is 5.82 Å². The smallest absolute Gasteiger partial charge is 0.256 e. The number of carbonyl (C=O) groups excluding carboxylic acids is 1. The topological polar surface area (TPSA) is 70.3 Å². The number of methoxy groups -OCH3 is 2. The summed E-state index contributed by atoms with van der Waals surface area (Å²) in [7, 11) is 3.10. The summed E-state index contributed by atoms with van der Waals surface area (Å²) >= 11 is 0. The molecule has 0 aliphatic carbocycles. The van der Waals surface area contributed by atoms with Crippen molar-refractivity contribution in [2.75, 3.05) is 14.2 Å². The van der Waals surface area contributed by atoms with Gasteiger partial charge in [0.05, 0.1) is 20.4 Å². The molecule has 7 nitrogen and oxygen atoms in total. The summed E-state index contributed by atoms with van der Waals surface area (Å²) in [6, 6.07) is 15.4. The molecule has 2 heterocycles. The molecule has 1 amide bonds. The molecule has 4 rings (SSSR count). The van der Waals surface area contributed by atoms with Crippen LogP contribution in [0.2, 0.25) is 0 Å². The minimum atomic E-state index is -0.438. The zero-order valence-electron chi connectivity index (χ0n) is 17.1. The van der Waals surface area contributed by atoms with Gasteiger partial charge in [-0.3, -0.25) is 4.79 Å². The van der Waals surface area contributed by atoms with Crippen LogP contribution in [0.4, 0.5) is 4.39 Å². The summed E-state index contributed by atoms with van der Waals surface area (Å²) < 4.78 is 28.3. The van der Waals surface area contributed by atoms with Crippen molar-refractivity contribution >= 4 is 5.91 Å². The Bertz CT molecular complexity index is 1200. The van der Waals surface area contributed by atoms with E-state index in [2.05, 4.69) is 10.4 Å². The van der Waals surface area contributed by atoms with Crippen molar-refractivity contribution in [1.29, 1.82) is 0 Å². The Hall–Kier alpha value is -4.07. The summed E-state index contributed by atoms with van der Waals surface area (Å²) in [5, 5.41) is 7.18. The third kappa shape index (κ3) is 3.87. The number of halogens is 1. The van der Waals surface area contributed by atoms with Gasteiger partial charge in [0.1, 0.15) is 17.1 Å². The largest absolute Gasteiger partial charge is 0.493 e. The highest BCUT2D eigenvalue weighted by atomic mass is 19.1. The molecule has 0 aliphatic heterocycles. The molecule has 0 bridgehead atoms. The highest BCUT2D eigenvalue weighted by Crippen LogP contribution is 2.30. The summed E-state index contributed by atoms with van der Waals surface area (Å²) in [6.07, 6.45) is 4.98. The van der Waals surface area contributed by atoms with Crippen LogP contribution < -0.4 is 14.8 Å². The van der Waals surface area contributed by atoms with Gasteiger partial charge in [-0.15, -0.1) is 0 Å². The van der Waals surface area contributed by atoms with Crippen LogP contribution in [0.1, 0.15) is 15.9 Å². The molecule has 0 saturated carbocycles. The van der Waals surface area contributed by atoms with Crippen LogP contribution in [0.25, 0.3) is 11.5 Å². The Balaban J connectivity index is 1.68. The molecule has 0 fully saturated rings. The highest BCUT2D eigenvalue weighted by molar-refractivity contribution is 5.97. The van der Waals surface area contributed by atoms with Crippen molar-refractivity contribution < 1.29 is 18.7 Å². The Labute approximate surface area is 178 Å². The summed E-state index contributed by atoms with van der Waals surface area (Å²) in [5.74, 6) is 0.779. The van der Waals surface area contributed by atoms with Crippen LogP contribution in [0.15, 0.2) is 73.2 Å². The standard InChI is InChI=1S/C23H21FN4O3/c1-30-20-11-7-8-16(21(20)31-2)14-25-22(29)17-15-26-28(19-10-4-3-9-18(19)24)23(17)27-12-5-6-13-27/h3-13,15H,14H2,1-2H3,(H,25,29). The highest BCUT2D eigenvalue weighted by Gasteiger charge is 2.21. The quantitative estimate of drug-likeness (QED) is 0.494. The Kier molecular flexibility index (Phi) is 5.70. The number of rotatable bonds is 7. The lowest BCUT2D eigenvalue weighted by atomic mass is 10.1. The van der Waals surface area contributed by atoms with Gasteiger partial charge in [0.2, 0.25) is 0 Å². The lowest BCUT2D eigenvalue weighted by molar-refractivity contribution is 0.0950. The SMILES string of the molecule is COc1cccc(CNC(=O)c2cnn(-c3ccccc3F)c2-n2cccc2)c1OC. The number of aromatic nitrogens is 3.